The third kappa shape index (κ3) is 7.58. The predicted octanol–water partition coefficient (Wildman–Crippen LogP) is 4.20. The van der Waals surface area contributed by atoms with Crippen molar-refractivity contribution in [2.24, 2.45) is 10.4 Å². The molecular weight excluding hydrogens is 489 g/mol. The molecule has 2 aromatic rings. The zero-order valence-electron chi connectivity index (χ0n) is 18.3. The van der Waals surface area contributed by atoms with E-state index in [1.54, 1.807) is 7.11 Å². The number of aromatic nitrogens is 2. The zero-order chi connectivity index (χ0) is 20.4. The zero-order valence-corrected chi connectivity index (χ0v) is 20.6. The molecule has 1 fully saturated rings. The van der Waals surface area contributed by atoms with E-state index in [0.717, 1.165) is 38.6 Å². The SMILES string of the molecule is CCNC(=NCc1cccc(Cn2ccnc2)c1)NCC1(CCOC)CCCC1.I. The van der Waals surface area contributed by atoms with Gasteiger partial charge in [0.15, 0.2) is 5.96 Å². The first-order valence-electron chi connectivity index (χ1n) is 10.8. The van der Waals surface area contributed by atoms with Gasteiger partial charge in [-0.25, -0.2) is 9.98 Å². The fraction of sp³-hybridized carbons (Fsp3) is 0.565. The van der Waals surface area contributed by atoms with E-state index < -0.39 is 0 Å². The number of hydrogen-bond acceptors (Lipinski definition) is 3. The lowest BCUT2D eigenvalue weighted by Crippen LogP contribution is -2.43. The molecule has 1 heterocycles. The molecule has 2 N–H and O–H groups in total. The number of guanidine groups is 1. The van der Waals surface area contributed by atoms with E-state index in [2.05, 4.69) is 51.4 Å². The highest BCUT2D eigenvalue weighted by atomic mass is 127. The molecule has 0 atom stereocenters. The van der Waals surface area contributed by atoms with Gasteiger partial charge in [-0.3, -0.25) is 0 Å². The first kappa shape index (κ1) is 24.7. The second kappa shape index (κ2) is 12.9. The van der Waals surface area contributed by atoms with Crippen LogP contribution in [0.5, 0.6) is 0 Å². The van der Waals surface area contributed by atoms with Gasteiger partial charge in [0.1, 0.15) is 0 Å². The topological polar surface area (TPSA) is 63.5 Å². The van der Waals surface area contributed by atoms with Crippen LogP contribution in [0.3, 0.4) is 0 Å². The average molecular weight is 525 g/mol. The summed E-state index contributed by atoms with van der Waals surface area (Å²) in [5.41, 5.74) is 2.82. The molecule has 166 valence electrons. The van der Waals surface area contributed by atoms with Crippen LogP contribution in [0.2, 0.25) is 0 Å². The number of benzene rings is 1. The van der Waals surface area contributed by atoms with Crippen LogP contribution in [0.15, 0.2) is 48.0 Å². The Morgan fingerprint density at radius 2 is 2.03 bits per heavy atom. The highest BCUT2D eigenvalue weighted by Crippen LogP contribution is 2.40. The molecular formula is C23H36IN5O. The quantitative estimate of drug-likeness (QED) is 0.277. The molecule has 1 aromatic heterocycles. The minimum Gasteiger partial charge on any atom is -0.385 e. The van der Waals surface area contributed by atoms with Crippen LogP contribution in [0.25, 0.3) is 0 Å². The Morgan fingerprint density at radius 3 is 2.73 bits per heavy atom. The van der Waals surface area contributed by atoms with Crippen LogP contribution in [0.4, 0.5) is 0 Å². The Hall–Kier alpha value is -1.61. The number of nitrogens with zero attached hydrogens (tertiary/aromatic N) is 3. The van der Waals surface area contributed by atoms with Gasteiger partial charge < -0.3 is 19.9 Å². The maximum atomic E-state index is 5.36. The first-order valence-corrected chi connectivity index (χ1v) is 10.8. The highest BCUT2D eigenvalue weighted by molar-refractivity contribution is 14.0. The van der Waals surface area contributed by atoms with Gasteiger partial charge in [0.05, 0.1) is 12.9 Å². The second-order valence-corrected chi connectivity index (χ2v) is 8.05. The van der Waals surface area contributed by atoms with E-state index in [1.807, 2.05) is 18.7 Å². The third-order valence-corrected chi connectivity index (χ3v) is 5.81. The highest BCUT2D eigenvalue weighted by Gasteiger charge is 2.33. The summed E-state index contributed by atoms with van der Waals surface area (Å²) in [4.78, 5) is 8.95. The third-order valence-electron chi connectivity index (χ3n) is 5.81. The lowest BCUT2D eigenvalue weighted by atomic mass is 9.83. The van der Waals surface area contributed by atoms with Gasteiger partial charge in [-0.1, -0.05) is 37.1 Å². The maximum Gasteiger partial charge on any atom is 0.191 e. The summed E-state index contributed by atoms with van der Waals surface area (Å²) < 4.78 is 7.44. The van der Waals surface area contributed by atoms with Crippen molar-refractivity contribution < 1.29 is 4.74 Å². The Labute approximate surface area is 197 Å². The molecule has 3 rings (SSSR count). The summed E-state index contributed by atoms with van der Waals surface area (Å²) in [6.45, 7) is 6.26. The van der Waals surface area contributed by atoms with Gasteiger partial charge in [-0.05, 0) is 42.7 Å². The van der Waals surface area contributed by atoms with Crippen molar-refractivity contribution in [3.63, 3.8) is 0 Å². The molecule has 0 amide bonds. The lowest BCUT2D eigenvalue weighted by molar-refractivity contribution is 0.138. The summed E-state index contributed by atoms with van der Waals surface area (Å²) in [6.07, 6.45) is 12.0. The van der Waals surface area contributed by atoms with Crippen LogP contribution in [-0.2, 0) is 17.8 Å². The molecule has 0 bridgehead atoms. The van der Waals surface area contributed by atoms with Gasteiger partial charge in [0.2, 0.25) is 0 Å². The van der Waals surface area contributed by atoms with E-state index in [-0.39, 0.29) is 24.0 Å². The van der Waals surface area contributed by atoms with Crippen molar-refractivity contribution in [2.75, 3.05) is 26.8 Å². The van der Waals surface area contributed by atoms with Crippen molar-refractivity contribution in [1.29, 1.82) is 0 Å². The van der Waals surface area contributed by atoms with Crippen LogP contribution in [0.1, 0.15) is 50.2 Å². The smallest absolute Gasteiger partial charge is 0.191 e. The lowest BCUT2D eigenvalue weighted by Gasteiger charge is -2.30. The van der Waals surface area contributed by atoms with E-state index in [9.17, 15) is 0 Å². The normalized spacial score (nSPS) is 15.6. The molecule has 0 saturated heterocycles. The molecule has 30 heavy (non-hydrogen) atoms. The molecule has 0 unspecified atom stereocenters. The standard InChI is InChI=1S/C23H35N5O.HI/c1-3-25-22(27-18-23(11-14-29-2)9-4-5-10-23)26-16-20-7-6-8-21(15-20)17-28-13-12-24-19-28;/h6-8,12-13,15,19H,3-5,9-11,14,16-18H2,1-2H3,(H2,25,26,27);1H. The summed E-state index contributed by atoms with van der Waals surface area (Å²) in [5.74, 6) is 0.899. The van der Waals surface area contributed by atoms with Gasteiger partial charge in [0.25, 0.3) is 0 Å². The molecule has 6 nitrogen and oxygen atoms in total. The van der Waals surface area contributed by atoms with E-state index in [0.29, 0.717) is 12.0 Å². The number of aliphatic imine (C=N–C) groups is 1. The predicted molar refractivity (Wildman–Crippen MR) is 133 cm³/mol. The van der Waals surface area contributed by atoms with Crippen LogP contribution in [-0.4, -0.2) is 42.3 Å². The van der Waals surface area contributed by atoms with Crippen molar-refractivity contribution >= 4 is 29.9 Å². The Morgan fingerprint density at radius 1 is 1.23 bits per heavy atom. The second-order valence-electron chi connectivity index (χ2n) is 8.05. The molecule has 1 saturated carbocycles. The number of nitrogens with one attached hydrogen (secondary N) is 2. The molecule has 0 radical (unpaired) electrons. The molecule has 1 aliphatic rings. The van der Waals surface area contributed by atoms with E-state index >= 15 is 0 Å². The van der Waals surface area contributed by atoms with Crippen LogP contribution >= 0.6 is 24.0 Å². The Balaban J connectivity index is 0.00000320. The van der Waals surface area contributed by atoms with Gasteiger partial charge >= 0.3 is 0 Å². The van der Waals surface area contributed by atoms with E-state index in [1.165, 1.54) is 36.8 Å². The molecule has 0 spiro atoms. The maximum absolute atomic E-state index is 5.36. The fourth-order valence-corrected chi connectivity index (χ4v) is 4.16. The largest absolute Gasteiger partial charge is 0.385 e. The number of halogens is 1. The average Bonchev–Trinajstić information content (AvgIpc) is 3.42. The summed E-state index contributed by atoms with van der Waals surface area (Å²) in [5, 5.41) is 7.00. The molecule has 1 aliphatic carbocycles. The minimum absolute atomic E-state index is 0. The molecule has 7 heteroatoms. The Bertz CT molecular complexity index is 757. The van der Waals surface area contributed by atoms with Crippen LogP contribution in [0, 0.1) is 5.41 Å². The van der Waals surface area contributed by atoms with Crippen molar-refractivity contribution in [3.8, 4) is 0 Å². The monoisotopic (exact) mass is 525 g/mol. The molecule has 1 aromatic carbocycles. The number of rotatable bonds is 10. The summed E-state index contributed by atoms with van der Waals surface area (Å²) in [7, 11) is 1.79. The van der Waals surface area contributed by atoms with Gasteiger partial charge in [-0.15, -0.1) is 24.0 Å². The van der Waals surface area contributed by atoms with Crippen molar-refractivity contribution in [2.45, 2.75) is 52.1 Å². The summed E-state index contributed by atoms with van der Waals surface area (Å²) in [6, 6.07) is 8.62. The fourth-order valence-electron chi connectivity index (χ4n) is 4.16. The number of hydrogen-bond donors (Lipinski definition) is 2. The van der Waals surface area contributed by atoms with Crippen LogP contribution < -0.4 is 10.6 Å². The Kier molecular flexibility index (Phi) is 10.6. The number of imidazole rings is 1. The van der Waals surface area contributed by atoms with Crippen molar-refractivity contribution in [3.05, 3.63) is 54.1 Å². The van der Waals surface area contributed by atoms with Crippen molar-refractivity contribution in [1.82, 2.24) is 20.2 Å². The van der Waals surface area contributed by atoms with E-state index in [4.69, 9.17) is 9.73 Å². The number of ether oxygens (including phenoxy) is 1. The van der Waals surface area contributed by atoms with Gasteiger partial charge in [-0.2, -0.15) is 0 Å². The van der Waals surface area contributed by atoms with Gasteiger partial charge in [0, 0.05) is 45.7 Å². The minimum atomic E-state index is 0. The number of methoxy groups -OCH3 is 1. The first-order chi connectivity index (χ1) is 14.2. The molecule has 0 aliphatic heterocycles. The summed E-state index contributed by atoms with van der Waals surface area (Å²) >= 11 is 0.